The number of H-pyrrole nitrogens is 2. The topological polar surface area (TPSA) is 98.1 Å². The molecule has 2 heterocycles. The molecule has 1 aromatic rings. The molecule has 1 fully saturated rings. The van der Waals surface area contributed by atoms with Crippen molar-refractivity contribution in [3.05, 3.63) is 32.3 Å². The molecular weight excluding hydrogens is 291 g/mol. The van der Waals surface area contributed by atoms with Crippen molar-refractivity contribution >= 4 is 5.91 Å². The molecule has 1 amide bonds. The maximum atomic E-state index is 13.6. The highest BCUT2D eigenvalue weighted by atomic mass is 19.1. The molecule has 0 radical (unpaired) electrons. The number of hydrogen-bond acceptors (Lipinski definition) is 4. The number of hydrogen-bond donors (Lipinski definition) is 3. The van der Waals surface area contributed by atoms with E-state index in [0.29, 0.717) is 19.0 Å². The lowest BCUT2D eigenvalue weighted by molar-refractivity contribution is 0.0568. The largest absolute Gasteiger partial charge is 0.326 e. The number of rotatable bonds is 2. The van der Waals surface area contributed by atoms with Crippen molar-refractivity contribution in [1.82, 2.24) is 20.4 Å². The van der Waals surface area contributed by atoms with E-state index in [0.717, 1.165) is 12.8 Å². The number of carbonyl (C=O) groups is 1. The number of amides is 1. The van der Waals surface area contributed by atoms with Crippen LogP contribution in [0.3, 0.4) is 0 Å². The van der Waals surface area contributed by atoms with Gasteiger partial charge >= 0.3 is 5.69 Å². The fourth-order valence-corrected chi connectivity index (χ4v) is 2.68. The standard InChI is InChI=1S/C14H21FN4O3/c1-14(2,3)8-4-6-19(7-5-8)18-12(21)10-9(15)11(20)17-13(22)16-10/h8H,4-7H2,1-3H3,(H,18,21)(H2,16,17,20,22). The lowest BCUT2D eigenvalue weighted by Crippen LogP contribution is -2.49. The van der Waals surface area contributed by atoms with Crippen LogP contribution in [-0.4, -0.2) is 34.0 Å². The molecule has 0 aromatic carbocycles. The van der Waals surface area contributed by atoms with Crippen molar-refractivity contribution in [3.63, 3.8) is 0 Å². The van der Waals surface area contributed by atoms with Crippen LogP contribution in [-0.2, 0) is 0 Å². The van der Waals surface area contributed by atoms with E-state index in [1.54, 1.807) is 9.99 Å². The van der Waals surface area contributed by atoms with Crippen LogP contribution in [0, 0.1) is 17.2 Å². The smallest absolute Gasteiger partial charge is 0.300 e. The zero-order chi connectivity index (χ0) is 16.5. The normalized spacial score (nSPS) is 17.5. The molecule has 1 saturated heterocycles. The first-order chi connectivity index (χ1) is 10.2. The highest BCUT2D eigenvalue weighted by molar-refractivity contribution is 5.91. The summed E-state index contributed by atoms with van der Waals surface area (Å²) in [7, 11) is 0. The fraction of sp³-hybridized carbons (Fsp3) is 0.643. The number of piperidine rings is 1. The first-order valence-corrected chi connectivity index (χ1v) is 7.26. The van der Waals surface area contributed by atoms with E-state index in [2.05, 4.69) is 26.2 Å². The Labute approximate surface area is 126 Å². The summed E-state index contributed by atoms with van der Waals surface area (Å²) in [5, 5.41) is 1.68. The molecular formula is C14H21FN4O3. The minimum Gasteiger partial charge on any atom is -0.300 e. The van der Waals surface area contributed by atoms with Crippen LogP contribution in [0.1, 0.15) is 44.1 Å². The van der Waals surface area contributed by atoms with Gasteiger partial charge in [-0.3, -0.25) is 20.0 Å². The van der Waals surface area contributed by atoms with Gasteiger partial charge in [-0.2, -0.15) is 4.39 Å². The maximum absolute atomic E-state index is 13.6. The van der Waals surface area contributed by atoms with E-state index in [1.165, 1.54) is 0 Å². The van der Waals surface area contributed by atoms with Crippen molar-refractivity contribution in [1.29, 1.82) is 0 Å². The highest BCUT2D eigenvalue weighted by Crippen LogP contribution is 2.33. The van der Waals surface area contributed by atoms with E-state index >= 15 is 0 Å². The van der Waals surface area contributed by atoms with Crippen molar-refractivity contribution in [3.8, 4) is 0 Å². The lowest BCUT2D eigenvalue weighted by atomic mass is 9.75. The van der Waals surface area contributed by atoms with Gasteiger partial charge in [0.1, 0.15) is 0 Å². The number of carbonyl (C=O) groups excluding carboxylic acids is 1. The molecule has 0 aliphatic carbocycles. The number of aromatic nitrogens is 2. The minimum atomic E-state index is -1.29. The van der Waals surface area contributed by atoms with E-state index in [1.807, 2.05) is 4.98 Å². The SMILES string of the molecule is CC(C)(C)C1CCN(NC(=O)c2[nH]c(=O)[nH]c(=O)c2F)CC1. The van der Waals surface area contributed by atoms with Gasteiger partial charge in [-0.25, -0.2) is 9.80 Å². The van der Waals surface area contributed by atoms with Crippen LogP contribution in [0.2, 0.25) is 0 Å². The van der Waals surface area contributed by atoms with Crippen LogP contribution in [0.4, 0.5) is 4.39 Å². The van der Waals surface area contributed by atoms with Crippen LogP contribution in [0.25, 0.3) is 0 Å². The van der Waals surface area contributed by atoms with Crippen LogP contribution < -0.4 is 16.7 Å². The third kappa shape index (κ3) is 3.62. The Bertz CT molecular complexity index is 666. The first kappa shape index (κ1) is 16.4. The number of nitrogens with zero attached hydrogens (tertiary/aromatic N) is 1. The Kier molecular flexibility index (Phi) is 4.50. The third-order valence-corrected chi connectivity index (χ3v) is 4.09. The fourth-order valence-electron chi connectivity index (χ4n) is 2.68. The summed E-state index contributed by atoms with van der Waals surface area (Å²) in [5.74, 6) is -1.56. The second-order valence-corrected chi connectivity index (χ2v) is 6.67. The summed E-state index contributed by atoms with van der Waals surface area (Å²) < 4.78 is 13.6. The van der Waals surface area contributed by atoms with Crippen molar-refractivity contribution in [2.45, 2.75) is 33.6 Å². The Hall–Kier alpha value is -1.96. The Balaban J connectivity index is 2.03. The highest BCUT2D eigenvalue weighted by Gasteiger charge is 2.29. The quantitative estimate of drug-likeness (QED) is 0.745. The molecule has 22 heavy (non-hydrogen) atoms. The van der Waals surface area contributed by atoms with Crippen molar-refractivity contribution < 1.29 is 9.18 Å². The average molecular weight is 312 g/mol. The van der Waals surface area contributed by atoms with Crippen LogP contribution in [0.5, 0.6) is 0 Å². The molecule has 0 spiro atoms. The molecule has 0 bridgehead atoms. The van der Waals surface area contributed by atoms with Crippen molar-refractivity contribution in [2.24, 2.45) is 11.3 Å². The second-order valence-electron chi connectivity index (χ2n) is 6.67. The monoisotopic (exact) mass is 312 g/mol. The molecule has 2 rings (SSSR count). The molecule has 1 aliphatic rings. The number of hydrazine groups is 1. The van der Waals surface area contributed by atoms with E-state index < -0.39 is 28.7 Å². The van der Waals surface area contributed by atoms with E-state index in [-0.39, 0.29) is 5.41 Å². The van der Waals surface area contributed by atoms with Crippen LogP contribution in [0.15, 0.2) is 9.59 Å². The summed E-state index contributed by atoms with van der Waals surface area (Å²) in [4.78, 5) is 38.0. The van der Waals surface area contributed by atoms with Gasteiger partial charge in [0.2, 0.25) is 5.82 Å². The summed E-state index contributed by atoms with van der Waals surface area (Å²) in [6, 6.07) is 0. The van der Waals surface area contributed by atoms with Gasteiger partial charge in [0, 0.05) is 13.1 Å². The van der Waals surface area contributed by atoms with Gasteiger partial charge in [0.25, 0.3) is 11.5 Å². The Morgan fingerprint density at radius 1 is 1.23 bits per heavy atom. The average Bonchev–Trinajstić information content (AvgIpc) is 2.42. The van der Waals surface area contributed by atoms with E-state index in [9.17, 15) is 18.8 Å². The van der Waals surface area contributed by atoms with Gasteiger partial charge in [0.05, 0.1) is 0 Å². The predicted molar refractivity (Wildman–Crippen MR) is 78.9 cm³/mol. The molecule has 122 valence electrons. The Morgan fingerprint density at radius 2 is 1.82 bits per heavy atom. The zero-order valence-corrected chi connectivity index (χ0v) is 13.0. The molecule has 7 nitrogen and oxygen atoms in total. The molecule has 8 heteroatoms. The van der Waals surface area contributed by atoms with Gasteiger partial charge in [-0.05, 0) is 24.2 Å². The zero-order valence-electron chi connectivity index (χ0n) is 13.0. The van der Waals surface area contributed by atoms with Crippen molar-refractivity contribution in [2.75, 3.05) is 13.1 Å². The summed E-state index contributed by atoms with van der Waals surface area (Å²) in [6.45, 7) is 7.83. The summed E-state index contributed by atoms with van der Waals surface area (Å²) >= 11 is 0. The van der Waals surface area contributed by atoms with Gasteiger partial charge in [0.15, 0.2) is 5.69 Å². The lowest BCUT2D eigenvalue weighted by Gasteiger charge is -2.38. The molecule has 0 saturated carbocycles. The van der Waals surface area contributed by atoms with E-state index in [4.69, 9.17) is 0 Å². The van der Waals surface area contributed by atoms with Crippen LogP contribution >= 0.6 is 0 Å². The molecule has 1 aliphatic heterocycles. The maximum Gasteiger partial charge on any atom is 0.326 e. The Morgan fingerprint density at radius 3 is 2.36 bits per heavy atom. The minimum absolute atomic E-state index is 0.208. The van der Waals surface area contributed by atoms with Gasteiger partial charge in [-0.15, -0.1) is 0 Å². The molecule has 0 atom stereocenters. The summed E-state index contributed by atoms with van der Waals surface area (Å²) in [6.07, 6.45) is 1.83. The summed E-state index contributed by atoms with van der Waals surface area (Å²) in [5.41, 5.74) is -0.0261. The molecule has 3 N–H and O–H groups in total. The second kappa shape index (κ2) is 6.04. The first-order valence-electron chi connectivity index (χ1n) is 7.26. The number of aromatic amines is 2. The predicted octanol–water partition coefficient (Wildman–Crippen LogP) is 0.605. The van der Waals surface area contributed by atoms with Gasteiger partial charge < -0.3 is 4.98 Å². The molecule has 0 unspecified atom stereocenters. The van der Waals surface area contributed by atoms with Gasteiger partial charge in [-0.1, -0.05) is 20.8 Å². The number of nitrogens with one attached hydrogen (secondary N) is 3. The molecule has 1 aromatic heterocycles. The number of halogens is 1. The third-order valence-electron chi connectivity index (χ3n) is 4.09.